The Bertz CT molecular complexity index is 445. The molecule has 1 atom stereocenters. The second kappa shape index (κ2) is 8.03. The Morgan fingerprint density at radius 3 is 2.38 bits per heavy atom. The maximum absolute atomic E-state index is 11.5. The van der Waals surface area contributed by atoms with Crippen LogP contribution in [0.3, 0.4) is 0 Å². The molecule has 0 aliphatic carbocycles. The lowest BCUT2D eigenvalue weighted by Gasteiger charge is -2.30. The van der Waals surface area contributed by atoms with E-state index in [1.807, 2.05) is 20.9 Å². The molecule has 0 bridgehead atoms. The van der Waals surface area contributed by atoms with Crippen molar-refractivity contribution < 1.29 is 9.90 Å². The number of aliphatic carboxylic acids is 1. The van der Waals surface area contributed by atoms with Crippen LogP contribution in [-0.2, 0) is 4.79 Å². The van der Waals surface area contributed by atoms with Gasteiger partial charge in [-0.3, -0.25) is 4.79 Å². The van der Waals surface area contributed by atoms with Crippen molar-refractivity contribution in [2.75, 3.05) is 25.0 Å². The van der Waals surface area contributed by atoms with Crippen molar-refractivity contribution in [3.63, 3.8) is 0 Å². The number of carboxylic acid groups (broad SMARTS) is 1. The van der Waals surface area contributed by atoms with Gasteiger partial charge < -0.3 is 15.3 Å². The number of carbonyl (C=O) groups is 1. The zero-order chi connectivity index (χ0) is 15.9. The van der Waals surface area contributed by atoms with Crippen LogP contribution in [0.2, 0.25) is 0 Å². The Hall–Kier alpha value is -1.55. The van der Waals surface area contributed by atoms with Gasteiger partial charge in [0.05, 0.1) is 0 Å². The molecule has 1 aromatic carbocycles. The van der Waals surface area contributed by atoms with Crippen molar-refractivity contribution in [3.8, 4) is 0 Å². The molecule has 0 aliphatic heterocycles. The van der Waals surface area contributed by atoms with Crippen LogP contribution in [0.1, 0.15) is 38.7 Å². The standard InChI is InChI=1S/C17H28N2O2/c1-5-17(16(20)21,18-6-2)12-7-13-19(4)15-10-8-14(3)9-11-15/h8-11,18H,5-7,12-13H2,1-4H3,(H,20,21). The van der Waals surface area contributed by atoms with Crippen molar-refractivity contribution in [3.05, 3.63) is 29.8 Å². The fourth-order valence-electron chi connectivity index (χ4n) is 2.61. The lowest BCUT2D eigenvalue weighted by Crippen LogP contribution is -2.51. The first-order valence-corrected chi connectivity index (χ1v) is 7.71. The average Bonchev–Trinajstić information content (AvgIpc) is 2.46. The minimum Gasteiger partial charge on any atom is -0.480 e. The Labute approximate surface area is 128 Å². The van der Waals surface area contributed by atoms with Gasteiger partial charge in [-0.15, -0.1) is 0 Å². The molecular weight excluding hydrogens is 264 g/mol. The molecule has 2 N–H and O–H groups in total. The molecule has 1 unspecified atom stereocenters. The number of benzene rings is 1. The number of hydrogen-bond donors (Lipinski definition) is 2. The van der Waals surface area contributed by atoms with Gasteiger partial charge in [0, 0.05) is 19.3 Å². The Morgan fingerprint density at radius 1 is 1.29 bits per heavy atom. The average molecular weight is 292 g/mol. The first kappa shape index (κ1) is 17.5. The molecule has 0 spiro atoms. The third-order valence-corrected chi connectivity index (χ3v) is 4.10. The molecule has 4 heteroatoms. The first-order valence-electron chi connectivity index (χ1n) is 7.71. The van der Waals surface area contributed by atoms with Gasteiger partial charge in [0.1, 0.15) is 5.54 Å². The van der Waals surface area contributed by atoms with Crippen LogP contribution in [-0.4, -0.2) is 36.8 Å². The summed E-state index contributed by atoms with van der Waals surface area (Å²) < 4.78 is 0. The molecule has 0 heterocycles. The van der Waals surface area contributed by atoms with Gasteiger partial charge >= 0.3 is 5.97 Å². The highest BCUT2D eigenvalue weighted by Gasteiger charge is 2.34. The van der Waals surface area contributed by atoms with Gasteiger partial charge in [-0.1, -0.05) is 31.5 Å². The minimum atomic E-state index is -0.789. The number of carboxylic acids is 1. The maximum Gasteiger partial charge on any atom is 0.323 e. The molecule has 0 radical (unpaired) electrons. The van der Waals surface area contributed by atoms with E-state index in [9.17, 15) is 9.90 Å². The Balaban J connectivity index is 2.57. The number of rotatable bonds is 9. The van der Waals surface area contributed by atoms with Crippen molar-refractivity contribution in [1.82, 2.24) is 5.32 Å². The van der Waals surface area contributed by atoms with E-state index in [1.165, 1.54) is 11.3 Å². The number of hydrogen-bond acceptors (Lipinski definition) is 3. The summed E-state index contributed by atoms with van der Waals surface area (Å²) in [5.41, 5.74) is 1.62. The summed E-state index contributed by atoms with van der Waals surface area (Å²) in [5.74, 6) is -0.746. The van der Waals surface area contributed by atoms with E-state index in [0.29, 0.717) is 19.4 Å². The number of nitrogens with zero attached hydrogens (tertiary/aromatic N) is 1. The van der Waals surface area contributed by atoms with E-state index < -0.39 is 11.5 Å². The Morgan fingerprint density at radius 2 is 1.90 bits per heavy atom. The SMILES string of the molecule is CCNC(CC)(CCCN(C)c1ccc(C)cc1)C(=O)O. The number of likely N-dealkylation sites (N-methyl/N-ethyl adjacent to an activating group) is 1. The first-order chi connectivity index (χ1) is 9.95. The van der Waals surface area contributed by atoms with Crippen LogP contribution in [0, 0.1) is 6.92 Å². The van der Waals surface area contributed by atoms with Crippen molar-refractivity contribution in [2.45, 2.75) is 45.6 Å². The van der Waals surface area contributed by atoms with Gasteiger partial charge in [0.2, 0.25) is 0 Å². The summed E-state index contributed by atoms with van der Waals surface area (Å²) in [5, 5.41) is 12.6. The van der Waals surface area contributed by atoms with Crippen LogP contribution in [0.4, 0.5) is 5.69 Å². The van der Waals surface area contributed by atoms with E-state index >= 15 is 0 Å². The molecule has 21 heavy (non-hydrogen) atoms. The second-order valence-electron chi connectivity index (χ2n) is 5.63. The predicted molar refractivity (Wildman–Crippen MR) is 88.0 cm³/mol. The van der Waals surface area contributed by atoms with Crippen molar-refractivity contribution in [1.29, 1.82) is 0 Å². The van der Waals surface area contributed by atoms with E-state index in [0.717, 1.165) is 13.0 Å². The molecule has 1 rings (SSSR count). The van der Waals surface area contributed by atoms with Crippen molar-refractivity contribution >= 4 is 11.7 Å². The number of anilines is 1. The molecule has 0 fully saturated rings. The summed E-state index contributed by atoms with van der Waals surface area (Å²) >= 11 is 0. The van der Waals surface area contributed by atoms with Crippen LogP contribution in [0.25, 0.3) is 0 Å². The third kappa shape index (κ3) is 4.74. The maximum atomic E-state index is 11.5. The van der Waals surface area contributed by atoms with Crippen LogP contribution in [0.15, 0.2) is 24.3 Å². The summed E-state index contributed by atoms with van der Waals surface area (Å²) in [4.78, 5) is 13.7. The molecule has 0 aliphatic rings. The molecule has 0 aromatic heterocycles. The van der Waals surface area contributed by atoms with E-state index in [2.05, 4.69) is 41.4 Å². The molecular formula is C17H28N2O2. The molecule has 1 aromatic rings. The Kier molecular flexibility index (Phi) is 6.69. The van der Waals surface area contributed by atoms with Crippen LogP contribution < -0.4 is 10.2 Å². The van der Waals surface area contributed by atoms with E-state index in [4.69, 9.17) is 0 Å². The molecule has 118 valence electrons. The highest BCUT2D eigenvalue weighted by Crippen LogP contribution is 2.20. The fraction of sp³-hybridized carbons (Fsp3) is 0.588. The minimum absolute atomic E-state index is 0.602. The fourth-order valence-corrected chi connectivity index (χ4v) is 2.61. The van der Waals surface area contributed by atoms with Crippen LogP contribution >= 0.6 is 0 Å². The summed E-state index contributed by atoms with van der Waals surface area (Å²) in [7, 11) is 2.05. The molecule has 0 amide bonds. The van der Waals surface area contributed by atoms with Gasteiger partial charge in [0.25, 0.3) is 0 Å². The van der Waals surface area contributed by atoms with Gasteiger partial charge in [-0.05, 0) is 44.9 Å². The largest absolute Gasteiger partial charge is 0.480 e. The van der Waals surface area contributed by atoms with Gasteiger partial charge in [-0.25, -0.2) is 0 Å². The normalized spacial score (nSPS) is 13.7. The van der Waals surface area contributed by atoms with Gasteiger partial charge in [-0.2, -0.15) is 0 Å². The van der Waals surface area contributed by atoms with E-state index in [1.54, 1.807) is 0 Å². The zero-order valence-electron chi connectivity index (χ0n) is 13.6. The molecule has 0 saturated heterocycles. The summed E-state index contributed by atoms with van der Waals surface area (Å²) in [6.07, 6.45) is 2.09. The highest BCUT2D eigenvalue weighted by atomic mass is 16.4. The van der Waals surface area contributed by atoms with E-state index in [-0.39, 0.29) is 0 Å². The molecule has 4 nitrogen and oxygen atoms in total. The summed E-state index contributed by atoms with van der Waals surface area (Å²) in [6, 6.07) is 8.39. The zero-order valence-corrected chi connectivity index (χ0v) is 13.6. The predicted octanol–water partition coefficient (Wildman–Crippen LogP) is 3.05. The van der Waals surface area contributed by atoms with Gasteiger partial charge in [0.15, 0.2) is 0 Å². The number of aryl methyl sites for hydroxylation is 1. The van der Waals surface area contributed by atoms with Crippen molar-refractivity contribution in [2.24, 2.45) is 0 Å². The second-order valence-corrected chi connectivity index (χ2v) is 5.63. The quantitative estimate of drug-likeness (QED) is 0.734. The molecule has 0 saturated carbocycles. The summed E-state index contributed by atoms with van der Waals surface area (Å²) in [6.45, 7) is 7.48. The topological polar surface area (TPSA) is 52.6 Å². The monoisotopic (exact) mass is 292 g/mol. The third-order valence-electron chi connectivity index (χ3n) is 4.10. The smallest absolute Gasteiger partial charge is 0.323 e. The number of nitrogens with one attached hydrogen (secondary N) is 1. The lowest BCUT2D eigenvalue weighted by molar-refractivity contribution is -0.145. The lowest BCUT2D eigenvalue weighted by atomic mass is 9.90. The van der Waals surface area contributed by atoms with Crippen LogP contribution in [0.5, 0.6) is 0 Å². The highest BCUT2D eigenvalue weighted by molar-refractivity contribution is 5.78.